The van der Waals surface area contributed by atoms with Gasteiger partial charge in [-0.05, 0) is 24.6 Å². The number of aryl methyl sites for hydroxylation is 1. The summed E-state index contributed by atoms with van der Waals surface area (Å²) in [6, 6.07) is 6.21. The second-order valence-corrected chi connectivity index (χ2v) is 5.93. The minimum atomic E-state index is 0.736. The molecule has 110 valence electrons. The maximum Gasteiger partial charge on any atom is 0.150 e. The summed E-state index contributed by atoms with van der Waals surface area (Å²) in [5.41, 5.74) is 2.09. The predicted octanol–water partition coefficient (Wildman–Crippen LogP) is 2.45. The molecular weight excluding hydrogens is 284 g/mol. The molecule has 0 atom stereocenters. The van der Waals surface area contributed by atoms with Gasteiger partial charge in [-0.25, -0.2) is 4.98 Å². The number of rotatable bonds is 6. The van der Waals surface area contributed by atoms with Crippen LogP contribution in [0.25, 0.3) is 10.6 Å². The average molecular weight is 302 g/mol. The van der Waals surface area contributed by atoms with Crippen molar-refractivity contribution in [3.05, 3.63) is 40.9 Å². The van der Waals surface area contributed by atoms with Crippen LogP contribution in [0.4, 0.5) is 0 Å². The molecule has 0 bridgehead atoms. The molecule has 3 heterocycles. The smallest absolute Gasteiger partial charge is 0.150 e. The first-order valence-corrected chi connectivity index (χ1v) is 7.79. The molecule has 7 heteroatoms. The van der Waals surface area contributed by atoms with Crippen molar-refractivity contribution in [2.45, 2.75) is 26.4 Å². The zero-order valence-corrected chi connectivity index (χ0v) is 12.9. The molecular formula is C14H18N6S. The van der Waals surface area contributed by atoms with E-state index < -0.39 is 0 Å². The third-order valence-corrected chi connectivity index (χ3v) is 4.05. The fourth-order valence-corrected chi connectivity index (χ4v) is 2.85. The summed E-state index contributed by atoms with van der Waals surface area (Å²) in [5, 5.41) is 16.6. The minimum Gasteiger partial charge on any atom is -0.293 e. The Bertz CT molecular complexity index is 684. The summed E-state index contributed by atoms with van der Waals surface area (Å²) in [7, 11) is 2.06. The van der Waals surface area contributed by atoms with Gasteiger partial charge in [-0.3, -0.25) is 15.1 Å². The minimum absolute atomic E-state index is 0.736. The Morgan fingerprint density at radius 3 is 2.86 bits per heavy atom. The second kappa shape index (κ2) is 6.19. The molecule has 21 heavy (non-hydrogen) atoms. The standard InChI is InChI=1S/C14H18N6S/c1-3-13-15-14(19-18-13)9-20(2)8-10-7-11(17-16-10)12-5-4-6-21-12/h4-7H,3,8-9H2,1-2H3,(H,16,17)(H,15,18,19). The highest BCUT2D eigenvalue weighted by molar-refractivity contribution is 7.13. The van der Waals surface area contributed by atoms with Gasteiger partial charge in [-0.1, -0.05) is 13.0 Å². The van der Waals surface area contributed by atoms with E-state index in [9.17, 15) is 0 Å². The Morgan fingerprint density at radius 2 is 2.14 bits per heavy atom. The Morgan fingerprint density at radius 1 is 1.24 bits per heavy atom. The molecule has 0 radical (unpaired) electrons. The van der Waals surface area contributed by atoms with Crippen molar-refractivity contribution >= 4 is 11.3 Å². The average Bonchev–Trinajstić information content (AvgIpc) is 3.19. The molecule has 2 N–H and O–H groups in total. The number of thiophene rings is 1. The summed E-state index contributed by atoms with van der Waals surface area (Å²) in [5.74, 6) is 1.76. The van der Waals surface area contributed by atoms with Crippen LogP contribution in [0.1, 0.15) is 24.3 Å². The quantitative estimate of drug-likeness (QED) is 0.733. The Hall–Kier alpha value is -1.99. The van der Waals surface area contributed by atoms with Crippen LogP contribution >= 0.6 is 11.3 Å². The van der Waals surface area contributed by atoms with Crippen molar-refractivity contribution in [3.8, 4) is 10.6 Å². The first-order valence-electron chi connectivity index (χ1n) is 6.91. The third kappa shape index (κ3) is 3.37. The summed E-state index contributed by atoms with van der Waals surface area (Å²) in [6.45, 7) is 3.58. The van der Waals surface area contributed by atoms with E-state index in [-0.39, 0.29) is 0 Å². The number of hydrogen-bond donors (Lipinski definition) is 2. The van der Waals surface area contributed by atoms with Crippen LogP contribution in [0.2, 0.25) is 0 Å². The SMILES string of the molecule is CCc1n[nH]c(CN(C)Cc2cc(-c3cccs3)n[nH]2)n1. The van der Waals surface area contributed by atoms with Gasteiger partial charge in [0.05, 0.1) is 11.4 Å². The summed E-state index contributed by atoms with van der Waals surface area (Å²) < 4.78 is 0. The molecule has 3 aromatic heterocycles. The van der Waals surface area contributed by atoms with Gasteiger partial charge in [0.2, 0.25) is 0 Å². The highest BCUT2D eigenvalue weighted by Gasteiger charge is 2.09. The van der Waals surface area contributed by atoms with Crippen molar-refractivity contribution in [1.29, 1.82) is 0 Å². The number of nitrogens with zero attached hydrogens (tertiary/aromatic N) is 4. The maximum atomic E-state index is 4.42. The van der Waals surface area contributed by atoms with Crippen LogP contribution in [-0.2, 0) is 19.5 Å². The van der Waals surface area contributed by atoms with E-state index in [0.29, 0.717) is 0 Å². The number of hydrogen-bond acceptors (Lipinski definition) is 5. The van der Waals surface area contributed by atoms with E-state index in [1.807, 2.05) is 13.0 Å². The van der Waals surface area contributed by atoms with E-state index in [1.54, 1.807) is 11.3 Å². The van der Waals surface area contributed by atoms with E-state index in [1.165, 1.54) is 4.88 Å². The van der Waals surface area contributed by atoms with Crippen molar-refractivity contribution in [3.63, 3.8) is 0 Å². The number of aromatic amines is 2. The van der Waals surface area contributed by atoms with Gasteiger partial charge in [0, 0.05) is 18.7 Å². The fraction of sp³-hybridized carbons (Fsp3) is 0.357. The molecule has 3 rings (SSSR count). The van der Waals surface area contributed by atoms with Crippen LogP contribution in [0, 0.1) is 0 Å². The summed E-state index contributed by atoms with van der Waals surface area (Å²) in [4.78, 5) is 7.78. The second-order valence-electron chi connectivity index (χ2n) is 4.98. The monoisotopic (exact) mass is 302 g/mol. The molecule has 0 aromatic carbocycles. The highest BCUT2D eigenvalue weighted by atomic mass is 32.1. The molecule has 0 spiro atoms. The van der Waals surface area contributed by atoms with Crippen molar-refractivity contribution in [2.75, 3.05) is 7.05 Å². The molecule has 0 amide bonds. The molecule has 3 aromatic rings. The zero-order valence-electron chi connectivity index (χ0n) is 12.1. The van der Waals surface area contributed by atoms with E-state index in [4.69, 9.17) is 0 Å². The molecule has 6 nitrogen and oxygen atoms in total. The summed E-state index contributed by atoms with van der Waals surface area (Å²) in [6.07, 6.45) is 0.852. The fourth-order valence-electron chi connectivity index (χ4n) is 2.16. The first-order chi connectivity index (χ1) is 10.2. The maximum absolute atomic E-state index is 4.42. The van der Waals surface area contributed by atoms with Crippen LogP contribution in [-0.4, -0.2) is 37.3 Å². The normalized spacial score (nSPS) is 11.4. The van der Waals surface area contributed by atoms with E-state index in [2.05, 4.69) is 54.8 Å². The predicted molar refractivity (Wildman–Crippen MR) is 82.8 cm³/mol. The lowest BCUT2D eigenvalue weighted by molar-refractivity contribution is 0.307. The number of nitrogens with one attached hydrogen (secondary N) is 2. The van der Waals surface area contributed by atoms with Gasteiger partial charge in [-0.15, -0.1) is 11.3 Å². The van der Waals surface area contributed by atoms with Gasteiger partial charge in [-0.2, -0.15) is 10.2 Å². The zero-order chi connectivity index (χ0) is 14.7. The third-order valence-electron chi connectivity index (χ3n) is 3.16. The van der Waals surface area contributed by atoms with Gasteiger partial charge >= 0.3 is 0 Å². The van der Waals surface area contributed by atoms with Crippen molar-refractivity contribution in [1.82, 2.24) is 30.3 Å². The lowest BCUT2D eigenvalue weighted by Gasteiger charge is -2.12. The molecule has 0 aliphatic rings. The highest BCUT2D eigenvalue weighted by Crippen LogP contribution is 2.23. The van der Waals surface area contributed by atoms with Crippen LogP contribution < -0.4 is 0 Å². The summed E-state index contributed by atoms with van der Waals surface area (Å²) >= 11 is 1.70. The Kier molecular flexibility index (Phi) is 4.12. The van der Waals surface area contributed by atoms with Gasteiger partial charge in [0.15, 0.2) is 0 Å². The van der Waals surface area contributed by atoms with Gasteiger partial charge < -0.3 is 0 Å². The lowest BCUT2D eigenvalue weighted by atomic mass is 10.3. The molecule has 0 aliphatic heterocycles. The van der Waals surface area contributed by atoms with Gasteiger partial charge in [0.25, 0.3) is 0 Å². The number of aromatic nitrogens is 5. The first kappa shape index (κ1) is 14.0. The van der Waals surface area contributed by atoms with Crippen LogP contribution in [0.5, 0.6) is 0 Å². The van der Waals surface area contributed by atoms with Crippen LogP contribution in [0.15, 0.2) is 23.6 Å². The molecule has 0 saturated heterocycles. The lowest BCUT2D eigenvalue weighted by Crippen LogP contribution is -2.18. The van der Waals surface area contributed by atoms with E-state index in [0.717, 1.165) is 42.5 Å². The van der Waals surface area contributed by atoms with Crippen molar-refractivity contribution < 1.29 is 0 Å². The largest absolute Gasteiger partial charge is 0.293 e. The Labute approximate surface area is 127 Å². The topological polar surface area (TPSA) is 73.5 Å². The van der Waals surface area contributed by atoms with Crippen LogP contribution in [0.3, 0.4) is 0 Å². The molecule has 0 fully saturated rings. The molecule has 0 saturated carbocycles. The Balaban J connectivity index is 1.61. The number of H-pyrrole nitrogens is 2. The van der Waals surface area contributed by atoms with Crippen molar-refractivity contribution in [2.24, 2.45) is 0 Å². The van der Waals surface area contributed by atoms with E-state index >= 15 is 0 Å². The van der Waals surface area contributed by atoms with Gasteiger partial charge in [0.1, 0.15) is 17.3 Å². The molecule has 0 unspecified atom stereocenters. The molecule has 0 aliphatic carbocycles.